The molecule has 1 aromatic rings. The highest BCUT2D eigenvalue weighted by molar-refractivity contribution is 7.19. The Morgan fingerprint density at radius 2 is 2.33 bits per heavy atom. The lowest BCUT2D eigenvalue weighted by atomic mass is 10.3. The van der Waals surface area contributed by atoms with Crippen molar-refractivity contribution in [3.63, 3.8) is 0 Å². The van der Waals surface area contributed by atoms with Gasteiger partial charge in [0.05, 0.1) is 9.34 Å². The normalized spacial score (nSPS) is 12.9. The molecule has 0 aliphatic rings. The van der Waals surface area contributed by atoms with Crippen molar-refractivity contribution < 1.29 is 0 Å². The van der Waals surface area contributed by atoms with Crippen LogP contribution < -0.4 is 16.8 Å². The van der Waals surface area contributed by atoms with E-state index in [-0.39, 0.29) is 6.04 Å². The summed E-state index contributed by atoms with van der Waals surface area (Å²) in [4.78, 5) is 0. The first-order valence-corrected chi connectivity index (χ1v) is 4.86. The summed E-state index contributed by atoms with van der Waals surface area (Å²) in [5, 5.41) is 4.18. The molecule has 12 heavy (non-hydrogen) atoms. The molecular weight excluding hydrogens is 194 g/mol. The largest absolute Gasteiger partial charge is 0.375 e. The number of nitrogens with two attached hydrogens (primary N) is 2. The van der Waals surface area contributed by atoms with Crippen LogP contribution in [-0.2, 0) is 0 Å². The Morgan fingerprint density at radius 1 is 1.58 bits per heavy atom. The molecule has 68 valence electrons. The molecule has 0 aromatic carbocycles. The average molecular weight is 206 g/mol. The first-order valence-electron chi connectivity index (χ1n) is 3.67. The third kappa shape index (κ3) is 2.98. The molecular formula is C7H12ClN3S. The molecule has 0 spiro atoms. The molecule has 1 rings (SSSR count). The van der Waals surface area contributed by atoms with Crippen molar-refractivity contribution in [1.82, 2.24) is 0 Å². The van der Waals surface area contributed by atoms with Crippen LogP contribution in [0.4, 0.5) is 5.00 Å². The minimum atomic E-state index is 0.00544. The van der Waals surface area contributed by atoms with Crippen LogP contribution in [-0.4, -0.2) is 19.1 Å². The Morgan fingerprint density at radius 3 is 2.83 bits per heavy atom. The van der Waals surface area contributed by atoms with E-state index in [0.717, 1.165) is 9.34 Å². The van der Waals surface area contributed by atoms with Crippen LogP contribution in [0.2, 0.25) is 4.34 Å². The number of thiophene rings is 1. The van der Waals surface area contributed by atoms with Crippen LogP contribution in [0.15, 0.2) is 12.1 Å². The summed E-state index contributed by atoms with van der Waals surface area (Å²) in [6.45, 7) is 1.18. The molecule has 0 aliphatic carbocycles. The van der Waals surface area contributed by atoms with Gasteiger partial charge in [0.25, 0.3) is 0 Å². The molecule has 5 heteroatoms. The molecule has 0 amide bonds. The number of hydrogen-bond donors (Lipinski definition) is 3. The van der Waals surface area contributed by atoms with Gasteiger partial charge in [-0.05, 0) is 12.1 Å². The fourth-order valence-corrected chi connectivity index (χ4v) is 1.67. The highest BCUT2D eigenvalue weighted by Crippen LogP contribution is 2.25. The predicted molar refractivity (Wildman–Crippen MR) is 54.8 cm³/mol. The van der Waals surface area contributed by atoms with Gasteiger partial charge in [0, 0.05) is 19.1 Å². The molecule has 1 aromatic heterocycles. The zero-order valence-corrected chi connectivity index (χ0v) is 8.16. The number of rotatable bonds is 4. The van der Waals surface area contributed by atoms with Gasteiger partial charge in [0.15, 0.2) is 0 Å². The van der Waals surface area contributed by atoms with E-state index < -0.39 is 0 Å². The standard InChI is InChI=1S/C7H12ClN3S/c8-6-1-2-7(12-6)11-4-5(10)3-9/h1-2,5,11H,3-4,9-10H2. The quantitative estimate of drug-likeness (QED) is 0.690. The molecule has 0 bridgehead atoms. The van der Waals surface area contributed by atoms with Crippen LogP contribution in [0.3, 0.4) is 0 Å². The van der Waals surface area contributed by atoms with E-state index in [1.54, 1.807) is 0 Å². The highest BCUT2D eigenvalue weighted by Gasteiger charge is 2.00. The van der Waals surface area contributed by atoms with Gasteiger partial charge in [-0.25, -0.2) is 0 Å². The molecule has 1 atom stereocenters. The van der Waals surface area contributed by atoms with Gasteiger partial charge in [0.2, 0.25) is 0 Å². The van der Waals surface area contributed by atoms with Crippen molar-refractivity contribution in [1.29, 1.82) is 0 Å². The fraction of sp³-hybridized carbons (Fsp3) is 0.429. The second-order valence-corrected chi connectivity index (χ2v) is 4.20. The van der Waals surface area contributed by atoms with Crippen molar-refractivity contribution in [2.24, 2.45) is 11.5 Å². The summed E-state index contributed by atoms with van der Waals surface area (Å²) in [7, 11) is 0. The van der Waals surface area contributed by atoms with E-state index in [4.69, 9.17) is 23.1 Å². The summed E-state index contributed by atoms with van der Waals surface area (Å²) in [5.41, 5.74) is 11.0. The van der Waals surface area contributed by atoms with Gasteiger partial charge in [-0.3, -0.25) is 0 Å². The van der Waals surface area contributed by atoms with Gasteiger partial charge in [0.1, 0.15) is 0 Å². The summed E-state index contributed by atoms with van der Waals surface area (Å²) < 4.78 is 0.777. The molecule has 0 radical (unpaired) electrons. The SMILES string of the molecule is NCC(N)CNc1ccc(Cl)s1. The summed E-state index contributed by atoms with van der Waals surface area (Å²) in [6, 6.07) is 3.78. The molecule has 1 heterocycles. The minimum Gasteiger partial charge on any atom is -0.375 e. The maximum atomic E-state index is 5.73. The number of nitrogens with one attached hydrogen (secondary N) is 1. The second kappa shape index (κ2) is 4.67. The van der Waals surface area contributed by atoms with E-state index in [9.17, 15) is 0 Å². The van der Waals surface area contributed by atoms with Gasteiger partial charge in [-0.1, -0.05) is 11.6 Å². The lowest BCUT2D eigenvalue weighted by Gasteiger charge is -2.08. The molecule has 3 nitrogen and oxygen atoms in total. The Kier molecular flexibility index (Phi) is 3.81. The average Bonchev–Trinajstić information content (AvgIpc) is 2.47. The van der Waals surface area contributed by atoms with E-state index in [0.29, 0.717) is 13.1 Å². The number of anilines is 1. The topological polar surface area (TPSA) is 64.1 Å². The summed E-state index contributed by atoms with van der Waals surface area (Å²) in [6.07, 6.45) is 0. The third-order valence-electron chi connectivity index (χ3n) is 1.41. The molecule has 0 fully saturated rings. The fourth-order valence-electron chi connectivity index (χ4n) is 0.724. The summed E-state index contributed by atoms with van der Waals surface area (Å²) >= 11 is 7.23. The van der Waals surface area contributed by atoms with E-state index in [1.165, 1.54) is 11.3 Å². The lowest BCUT2D eigenvalue weighted by Crippen LogP contribution is -2.36. The smallest absolute Gasteiger partial charge is 0.0950 e. The Labute approximate surface area is 80.7 Å². The lowest BCUT2D eigenvalue weighted by molar-refractivity contribution is 0.714. The van der Waals surface area contributed by atoms with Crippen molar-refractivity contribution in [3.05, 3.63) is 16.5 Å². The van der Waals surface area contributed by atoms with E-state index in [1.807, 2.05) is 12.1 Å². The third-order valence-corrected chi connectivity index (χ3v) is 2.60. The van der Waals surface area contributed by atoms with E-state index >= 15 is 0 Å². The van der Waals surface area contributed by atoms with E-state index in [2.05, 4.69) is 5.32 Å². The van der Waals surface area contributed by atoms with Gasteiger partial charge in [-0.2, -0.15) is 0 Å². The Hall–Kier alpha value is -0.290. The van der Waals surface area contributed by atoms with Crippen LogP contribution in [0.25, 0.3) is 0 Å². The maximum Gasteiger partial charge on any atom is 0.0950 e. The van der Waals surface area contributed by atoms with Crippen molar-refractivity contribution in [2.75, 3.05) is 18.4 Å². The van der Waals surface area contributed by atoms with Gasteiger partial charge < -0.3 is 16.8 Å². The Bertz CT molecular complexity index is 238. The zero-order chi connectivity index (χ0) is 8.97. The van der Waals surface area contributed by atoms with Crippen molar-refractivity contribution in [3.8, 4) is 0 Å². The second-order valence-electron chi connectivity index (χ2n) is 2.48. The monoisotopic (exact) mass is 205 g/mol. The molecule has 0 saturated heterocycles. The van der Waals surface area contributed by atoms with Crippen molar-refractivity contribution >= 4 is 27.9 Å². The first-order chi connectivity index (χ1) is 5.72. The highest BCUT2D eigenvalue weighted by atomic mass is 35.5. The minimum absolute atomic E-state index is 0.00544. The van der Waals surface area contributed by atoms with Crippen LogP contribution in [0.5, 0.6) is 0 Å². The molecule has 5 N–H and O–H groups in total. The molecule has 0 aliphatic heterocycles. The number of halogens is 1. The number of hydrogen-bond acceptors (Lipinski definition) is 4. The summed E-state index contributed by atoms with van der Waals surface area (Å²) in [5.74, 6) is 0. The Balaban J connectivity index is 2.33. The van der Waals surface area contributed by atoms with Crippen LogP contribution in [0, 0.1) is 0 Å². The zero-order valence-electron chi connectivity index (χ0n) is 6.59. The first kappa shape index (κ1) is 9.80. The van der Waals surface area contributed by atoms with Crippen LogP contribution >= 0.6 is 22.9 Å². The van der Waals surface area contributed by atoms with Gasteiger partial charge >= 0.3 is 0 Å². The van der Waals surface area contributed by atoms with Crippen molar-refractivity contribution in [2.45, 2.75) is 6.04 Å². The van der Waals surface area contributed by atoms with Crippen LogP contribution in [0.1, 0.15) is 0 Å². The molecule has 0 saturated carbocycles. The maximum absolute atomic E-state index is 5.73. The van der Waals surface area contributed by atoms with Gasteiger partial charge in [-0.15, -0.1) is 11.3 Å². The molecule has 1 unspecified atom stereocenters. The predicted octanol–water partition coefficient (Wildman–Crippen LogP) is 1.10.